The topological polar surface area (TPSA) is 124 Å². The largest absolute Gasteiger partial charge is 0.497 e. The van der Waals surface area contributed by atoms with Gasteiger partial charge in [-0.25, -0.2) is 9.78 Å². The third kappa shape index (κ3) is 7.02. The first-order valence-electron chi connectivity index (χ1n) is 13.1. The number of piperidine rings is 1. The molecule has 3 amide bonds. The molecule has 0 saturated carbocycles. The highest BCUT2D eigenvalue weighted by Gasteiger charge is 2.29. The SMILES string of the molecule is COCCCn1c([C@@H]2CCCN(C(=O)C[C@H](N)CNC(=O)Nc3ccc(OC)cc3)C2)nc2ccccc21. The van der Waals surface area contributed by atoms with Gasteiger partial charge in [0.2, 0.25) is 5.91 Å². The van der Waals surface area contributed by atoms with Gasteiger partial charge < -0.3 is 35.3 Å². The smallest absolute Gasteiger partial charge is 0.319 e. The Morgan fingerprint density at radius 1 is 1.16 bits per heavy atom. The number of nitrogens with two attached hydrogens (primary N) is 1. The quantitative estimate of drug-likeness (QED) is 0.332. The van der Waals surface area contributed by atoms with Gasteiger partial charge in [-0.15, -0.1) is 0 Å². The minimum absolute atomic E-state index is 0.00149. The number of urea groups is 1. The van der Waals surface area contributed by atoms with Gasteiger partial charge in [0, 0.05) is 64.0 Å². The van der Waals surface area contributed by atoms with Crippen LogP contribution in [0.1, 0.15) is 37.4 Å². The van der Waals surface area contributed by atoms with Gasteiger partial charge in [-0.2, -0.15) is 0 Å². The molecule has 2 heterocycles. The van der Waals surface area contributed by atoms with Crippen molar-refractivity contribution in [3.8, 4) is 5.75 Å². The molecule has 10 heteroatoms. The summed E-state index contributed by atoms with van der Waals surface area (Å²) < 4.78 is 12.7. The molecule has 0 bridgehead atoms. The summed E-state index contributed by atoms with van der Waals surface area (Å²) in [5, 5.41) is 5.50. The number of likely N-dealkylation sites (tertiary alicyclic amines) is 1. The number of ether oxygens (including phenoxy) is 2. The van der Waals surface area contributed by atoms with Gasteiger partial charge in [0.15, 0.2) is 0 Å². The highest BCUT2D eigenvalue weighted by molar-refractivity contribution is 5.89. The third-order valence-corrected chi connectivity index (χ3v) is 6.86. The molecular formula is C28H38N6O4. The van der Waals surface area contributed by atoms with E-state index in [2.05, 4.69) is 21.3 Å². The van der Waals surface area contributed by atoms with E-state index >= 15 is 0 Å². The van der Waals surface area contributed by atoms with Crippen LogP contribution < -0.4 is 21.1 Å². The lowest BCUT2D eigenvalue weighted by Gasteiger charge is -2.33. The van der Waals surface area contributed by atoms with E-state index in [1.165, 1.54) is 0 Å². The Labute approximate surface area is 223 Å². The first kappa shape index (κ1) is 27.4. The summed E-state index contributed by atoms with van der Waals surface area (Å²) in [6.07, 6.45) is 2.96. The third-order valence-electron chi connectivity index (χ3n) is 6.86. The predicted molar refractivity (Wildman–Crippen MR) is 147 cm³/mol. The van der Waals surface area contributed by atoms with Crippen molar-refractivity contribution in [1.29, 1.82) is 0 Å². The normalized spacial score (nSPS) is 16.3. The fourth-order valence-corrected chi connectivity index (χ4v) is 4.92. The summed E-state index contributed by atoms with van der Waals surface area (Å²) in [4.78, 5) is 32.2. The fraction of sp³-hybridized carbons (Fsp3) is 0.464. The first-order valence-corrected chi connectivity index (χ1v) is 13.1. The van der Waals surface area contributed by atoms with Crippen molar-refractivity contribution in [1.82, 2.24) is 19.8 Å². The zero-order chi connectivity index (χ0) is 26.9. The molecule has 1 saturated heterocycles. The molecule has 0 aliphatic carbocycles. The van der Waals surface area contributed by atoms with Crippen molar-refractivity contribution in [2.75, 3.05) is 45.8 Å². The number of imidazole rings is 1. The Balaban J connectivity index is 1.31. The number of anilines is 1. The van der Waals surface area contributed by atoms with Crippen LogP contribution in [-0.4, -0.2) is 72.9 Å². The number of carbonyl (C=O) groups is 2. The molecule has 3 aromatic rings. The second-order valence-corrected chi connectivity index (χ2v) is 9.66. The number of amides is 3. The molecule has 2 atom stereocenters. The molecular weight excluding hydrogens is 484 g/mol. The molecule has 0 spiro atoms. The standard InChI is InChI=1S/C28H38N6O4/c1-37-16-6-15-34-25-9-4-3-8-24(25)32-27(34)20-7-5-14-33(19-20)26(35)17-21(29)18-30-28(36)31-22-10-12-23(38-2)13-11-22/h3-4,8-13,20-21H,5-7,14-19,29H2,1-2H3,(H2,30,31,36)/t20-,21+/m1/s1. The van der Waals surface area contributed by atoms with Gasteiger partial charge in [0.25, 0.3) is 0 Å². The molecule has 1 fully saturated rings. The maximum Gasteiger partial charge on any atom is 0.319 e. The molecule has 38 heavy (non-hydrogen) atoms. The molecule has 204 valence electrons. The Morgan fingerprint density at radius 2 is 1.95 bits per heavy atom. The average Bonchev–Trinajstić information content (AvgIpc) is 3.31. The van der Waals surface area contributed by atoms with E-state index in [0.29, 0.717) is 31.1 Å². The number of hydrogen-bond donors (Lipinski definition) is 3. The number of benzene rings is 2. The van der Waals surface area contributed by atoms with Crippen LogP contribution in [0.3, 0.4) is 0 Å². The lowest BCUT2D eigenvalue weighted by atomic mass is 9.96. The molecule has 0 unspecified atom stereocenters. The van der Waals surface area contributed by atoms with Gasteiger partial charge in [-0.05, 0) is 55.7 Å². The van der Waals surface area contributed by atoms with E-state index in [-0.39, 0.29) is 30.8 Å². The number of rotatable bonds is 11. The maximum atomic E-state index is 13.1. The molecule has 10 nitrogen and oxygen atoms in total. The van der Waals surface area contributed by atoms with Crippen LogP contribution in [0.5, 0.6) is 5.75 Å². The minimum atomic E-state index is -0.483. The molecule has 1 aliphatic heterocycles. The number of nitrogens with zero attached hydrogens (tertiary/aromatic N) is 3. The van der Waals surface area contributed by atoms with Gasteiger partial charge in [0.05, 0.1) is 18.1 Å². The number of aryl methyl sites for hydroxylation is 1. The zero-order valence-electron chi connectivity index (χ0n) is 22.2. The van der Waals surface area contributed by atoms with Crippen LogP contribution in [0.25, 0.3) is 11.0 Å². The zero-order valence-corrected chi connectivity index (χ0v) is 22.2. The number of nitrogens with one attached hydrogen (secondary N) is 2. The Bertz CT molecular complexity index is 1210. The molecule has 4 N–H and O–H groups in total. The number of para-hydroxylation sites is 2. The number of carbonyl (C=O) groups excluding carboxylic acids is 2. The number of aromatic nitrogens is 2. The van der Waals surface area contributed by atoms with E-state index < -0.39 is 6.04 Å². The lowest BCUT2D eigenvalue weighted by Crippen LogP contribution is -2.45. The Hall–Kier alpha value is -3.63. The number of hydrogen-bond acceptors (Lipinski definition) is 6. The number of methoxy groups -OCH3 is 2. The molecule has 1 aromatic heterocycles. The van der Waals surface area contributed by atoms with Crippen molar-refractivity contribution in [2.24, 2.45) is 5.73 Å². The number of fused-ring (bicyclic) bond motifs is 1. The molecule has 0 radical (unpaired) electrons. The van der Waals surface area contributed by atoms with Gasteiger partial charge in [-0.1, -0.05) is 12.1 Å². The summed E-state index contributed by atoms with van der Waals surface area (Å²) in [5.74, 6) is 1.90. The van der Waals surface area contributed by atoms with E-state index in [1.54, 1.807) is 38.5 Å². The van der Waals surface area contributed by atoms with Crippen molar-refractivity contribution in [2.45, 2.75) is 44.2 Å². The summed E-state index contributed by atoms with van der Waals surface area (Å²) in [6.45, 7) is 3.02. The van der Waals surface area contributed by atoms with Crippen molar-refractivity contribution in [3.05, 3.63) is 54.4 Å². The minimum Gasteiger partial charge on any atom is -0.497 e. The second kappa shape index (κ2) is 13.3. The van der Waals surface area contributed by atoms with Crippen LogP contribution in [-0.2, 0) is 16.1 Å². The van der Waals surface area contributed by atoms with Crippen LogP contribution in [0.2, 0.25) is 0 Å². The van der Waals surface area contributed by atoms with Crippen molar-refractivity contribution in [3.63, 3.8) is 0 Å². The van der Waals surface area contributed by atoms with Crippen molar-refractivity contribution < 1.29 is 19.1 Å². The van der Waals surface area contributed by atoms with Crippen LogP contribution in [0, 0.1) is 0 Å². The highest BCUT2D eigenvalue weighted by atomic mass is 16.5. The summed E-state index contributed by atoms with van der Waals surface area (Å²) >= 11 is 0. The lowest BCUT2D eigenvalue weighted by molar-refractivity contribution is -0.132. The van der Waals surface area contributed by atoms with E-state index in [9.17, 15) is 9.59 Å². The monoisotopic (exact) mass is 522 g/mol. The fourth-order valence-electron chi connectivity index (χ4n) is 4.92. The Morgan fingerprint density at radius 3 is 2.71 bits per heavy atom. The average molecular weight is 523 g/mol. The molecule has 2 aromatic carbocycles. The second-order valence-electron chi connectivity index (χ2n) is 9.66. The molecule has 1 aliphatic rings. The van der Waals surface area contributed by atoms with Gasteiger partial charge >= 0.3 is 6.03 Å². The predicted octanol–water partition coefficient (Wildman–Crippen LogP) is 3.33. The van der Waals surface area contributed by atoms with E-state index in [4.69, 9.17) is 20.2 Å². The van der Waals surface area contributed by atoms with E-state index in [0.717, 1.165) is 42.7 Å². The summed E-state index contributed by atoms with van der Waals surface area (Å²) in [5.41, 5.74) is 8.94. The van der Waals surface area contributed by atoms with Crippen LogP contribution >= 0.6 is 0 Å². The van der Waals surface area contributed by atoms with Crippen LogP contribution in [0.15, 0.2) is 48.5 Å². The molecule has 4 rings (SSSR count). The van der Waals surface area contributed by atoms with E-state index in [1.807, 2.05) is 23.1 Å². The maximum absolute atomic E-state index is 13.1. The highest BCUT2D eigenvalue weighted by Crippen LogP contribution is 2.30. The van der Waals surface area contributed by atoms with Crippen LogP contribution in [0.4, 0.5) is 10.5 Å². The first-order chi connectivity index (χ1) is 18.5. The Kier molecular flexibility index (Phi) is 9.56. The van der Waals surface area contributed by atoms with Gasteiger partial charge in [0.1, 0.15) is 11.6 Å². The van der Waals surface area contributed by atoms with Gasteiger partial charge in [-0.3, -0.25) is 4.79 Å². The summed E-state index contributed by atoms with van der Waals surface area (Å²) in [7, 11) is 3.30. The van der Waals surface area contributed by atoms with Crippen molar-refractivity contribution >= 4 is 28.7 Å². The summed E-state index contributed by atoms with van der Waals surface area (Å²) in [6, 6.07) is 14.3.